The second kappa shape index (κ2) is 6.20. The molecule has 1 heterocycles. The summed E-state index contributed by atoms with van der Waals surface area (Å²) >= 11 is 0. The van der Waals surface area contributed by atoms with Gasteiger partial charge < -0.3 is 5.32 Å². The van der Waals surface area contributed by atoms with Crippen LogP contribution < -0.4 is 5.32 Å². The van der Waals surface area contributed by atoms with Gasteiger partial charge in [-0.2, -0.15) is 0 Å². The van der Waals surface area contributed by atoms with Crippen molar-refractivity contribution in [3.8, 4) is 0 Å². The average Bonchev–Trinajstić information content (AvgIpc) is 2.75. The SMILES string of the molecule is CC1CC(C)(C)CC2(C1)NC(=O)N(CN(C)C1C3CC4CC(C3)CC1C4)C2=O. The van der Waals surface area contributed by atoms with Crippen LogP contribution in [0.25, 0.3) is 0 Å². The normalized spacial score (nSPS) is 46.7. The number of hydrogen-bond acceptors (Lipinski definition) is 3. The second-order valence-electron chi connectivity index (χ2n) is 11.9. The second-order valence-corrected chi connectivity index (χ2v) is 11.9. The summed E-state index contributed by atoms with van der Waals surface area (Å²) in [7, 11) is 2.14. The predicted molar refractivity (Wildman–Crippen MR) is 108 cm³/mol. The van der Waals surface area contributed by atoms with Crippen molar-refractivity contribution in [1.29, 1.82) is 0 Å². The molecule has 1 aliphatic heterocycles. The van der Waals surface area contributed by atoms with Gasteiger partial charge in [-0.05, 0) is 93.4 Å². The molecule has 0 radical (unpaired) electrons. The molecule has 156 valence electrons. The number of carbonyl (C=O) groups is 2. The third-order valence-corrected chi connectivity index (χ3v) is 8.67. The summed E-state index contributed by atoms with van der Waals surface area (Å²) in [4.78, 5) is 30.2. The largest absolute Gasteiger partial charge is 0.326 e. The molecule has 6 rings (SSSR count). The van der Waals surface area contributed by atoms with Crippen LogP contribution in [-0.2, 0) is 4.79 Å². The fourth-order valence-corrected chi connectivity index (χ4v) is 8.57. The maximum absolute atomic E-state index is 13.5. The number of carbonyl (C=O) groups excluding carboxylic acids is 2. The molecule has 3 amide bonds. The van der Waals surface area contributed by atoms with Crippen LogP contribution in [0.3, 0.4) is 0 Å². The first-order chi connectivity index (χ1) is 13.2. The summed E-state index contributed by atoms with van der Waals surface area (Å²) in [5.41, 5.74) is -0.590. The molecule has 1 saturated heterocycles. The van der Waals surface area contributed by atoms with E-state index < -0.39 is 5.54 Å². The van der Waals surface area contributed by atoms with E-state index in [0.717, 1.165) is 42.9 Å². The topological polar surface area (TPSA) is 52.7 Å². The molecule has 28 heavy (non-hydrogen) atoms. The molecule has 1 spiro atoms. The van der Waals surface area contributed by atoms with Gasteiger partial charge in [0.2, 0.25) is 0 Å². The Labute approximate surface area is 169 Å². The standard InChI is InChI=1S/C23H37N3O2/c1-14-10-22(2,3)12-23(11-14)20(27)26(21(28)24-23)13-25(4)19-17-6-15-5-16(8-17)9-18(19)7-15/h14-19H,5-13H2,1-4H3,(H,24,28). The number of rotatable bonds is 3. The molecule has 4 bridgehead atoms. The zero-order valence-electron chi connectivity index (χ0n) is 18.0. The lowest BCUT2D eigenvalue weighted by atomic mass is 9.54. The predicted octanol–water partition coefficient (Wildman–Crippen LogP) is 3.84. The molecule has 6 fully saturated rings. The van der Waals surface area contributed by atoms with Crippen LogP contribution in [0.15, 0.2) is 0 Å². The highest BCUT2D eigenvalue weighted by atomic mass is 16.2. The van der Waals surface area contributed by atoms with Gasteiger partial charge in [-0.1, -0.05) is 20.8 Å². The molecule has 5 aliphatic carbocycles. The molecular weight excluding hydrogens is 350 g/mol. The van der Waals surface area contributed by atoms with Crippen LogP contribution in [0.5, 0.6) is 0 Å². The zero-order chi connectivity index (χ0) is 19.8. The lowest BCUT2D eigenvalue weighted by molar-refractivity contribution is -0.138. The van der Waals surface area contributed by atoms with Crippen molar-refractivity contribution in [1.82, 2.24) is 15.1 Å². The Hall–Kier alpha value is -1.10. The Morgan fingerprint density at radius 3 is 2.21 bits per heavy atom. The Morgan fingerprint density at radius 2 is 1.64 bits per heavy atom. The van der Waals surface area contributed by atoms with E-state index in [4.69, 9.17) is 0 Å². The Balaban J connectivity index is 1.32. The monoisotopic (exact) mass is 387 g/mol. The molecule has 1 N–H and O–H groups in total. The van der Waals surface area contributed by atoms with Gasteiger partial charge in [0.05, 0.1) is 6.67 Å². The van der Waals surface area contributed by atoms with Crippen molar-refractivity contribution in [2.45, 2.75) is 83.7 Å². The Kier molecular flexibility index (Phi) is 4.18. The van der Waals surface area contributed by atoms with Crippen molar-refractivity contribution < 1.29 is 9.59 Å². The van der Waals surface area contributed by atoms with Gasteiger partial charge in [-0.25, -0.2) is 9.69 Å². The van der Waals surface area contributed by atoms with Crippen LogP contribution in [-0.4, -0.2) is 47.0 Å². The van der Waals surface area contributed by atoms with E-state index in [1.165, 1.54) is 37.0 Å². The summed E-state index contributed by atoms with van der Waals surface area (Å²) in [6, 6.07) is 0.372. The van der Waals surface area contributed by atoms with Crippen molar-refractivity contribution >= 4 is 11.9 Å². The van der Waals surface area contributed by atoms with Crippen LogP contribution in [0.4, 0.5) is 4.79 Å². The Morgan fingerprint density at radius 1 is 1.04 bits per heavy atom. The first-order valence-electron chi connectivity index (χ1n) is 11.5. The van der Waals surface area contributed by atoms with E-state index in [0.29, 0.717) is 18.6 Å². The minimum atomic E-state index is -0.677. The quantitative estimate of drug-likeness (QED) is 0.749. The summed E-state index contributed by atoms with van der Waals surface area (Å²) in [6.07, 6.45) is 9.54. The molecule has 0 aromatic rings. The third kappa shape index (κ3) is 2.91. The first-order valence-corrected chi connectivity index (χ1v) is 11.5. The van der Waals surface area contributed by atoms with E-state index in [2.05, 4.69) is 38.0 Å². The van der Waals surface area contributed by atoms with E-state index in [1.807, 2.05) is 0 Å². The summed E-state index contributed by atoms with van der Waals surface area (Å²) in [5.74, 6) is 3.90. The van der Waals surface area contributed by atoms with Gasteiger partial charge in [0.25, 0.3) is 5.91 Å². The number of imide groups is 1. The van der Waals surface area contributed by atoms with E-state index in [9.17, 15) is 9.59 Å². The van der Waals surface area contributed by atoms with Gasteiger partial charge in [0.1, 0.15) is 5.54 Å². The van der Waals surface area contributed by atoms with Gasteiger partial charge in [0.15, 0.2) is 0 Å². The molecule has 6 aliphatic rings. The van der Waals surface area contributed by atoms with Gasteiger partial charge in [0, 0.05) is 6.04 Å². The molecule has 2 atom stereocenters. The zero-order valence-corrected chi connectivity index (χ0v) is 18.0. The highest BCUT2D eigenvalue weighted by Crippen LogP contribution is 2.55. The summed E-state index contributed by atoms with van der Waals surface area (Å²) < 4.78 is 0. The minimum absolute atomic E-state index is 0.0211. The van der Waals surface area contributed by atoms with Crippen LogP contribution in [0.1, 0.15) is 72.1 Å². The van der Waals surface area contributed by atoms with Gasteiger partial charge >= 0.3 is 6.03 Å². The number of urea groups is 1. The summed E-state index contributed by atoms with van der Waals surface area (Å²) in [6.45, 7) is 7.12. The van der Waals surface area contributed by atoms with Crippen molar-refractivity contribution in [3.05, 3.63) is 0 Å². The lowest BCUT2D eigenvalue weighted by Crippen LogP contribution is -2.58. The Bertz CT molecular complexity index is 661. The number of amides is 3. The van der Waals surface area contributed by atoms with Crippen LogP contribution in [0, 0.1) is 35.0 Å². The molecule has 2 unspecified atom stereocenters. The average molecular weight is 388 g/mol. The van der Waals surface area contributed by atoms with Crippen molar-refractivity contribution in [3.63, 3.8) is 0 Å². The number of nitrogens with zero attached hydrogens (tertiary/aromatic N) is 2. The van der Waals surface area contributed by atoms with E-state index >= 15 is 0 Å². The highest BCUT2D eigenvalue weighted by molar-refractivity contribution is 6.07. The lowest BCUT2D eigenvalue weighted by Gasteiger charge is -2.56. The number of nitrogens with one attached hydrogen (secondary N) is 1. The van der Waals surface area contributed by atoms with Crippen LogP contribution in [0.2, 0.25) is 0 Å². The van der Waals surface area contributed by atoms with E-state index in [-0.39, 0.29) is 17.4 Å². The minimum Gasteiger partial charge on any atom is -0.323 e. The van der Waals surface area contributed by atoms with Gasteiger partial charge in [-0.3, -0.25) is 9.69 Å². The molecule has 0 aromatic carbocycles. The van der Waals surface area contributed by atoms with E-state index in [1.54, 1.807) is 0 Å². The van der Waals surface area contributed by atoms with Crippen molar-refractivity contribution in [2.75, 3.05) is 13.7 Å². The smallest absolute Gasteiger partial charge is 0.323 e. The highest BCUT2D eigenvalue weighted by Gasteiger charge is 2.57. The first kappa shape index (κ1) is 18.9. The maximum atomic E-state index is 13.5. The third-order valence-electron chi connectivity index (χ3n) is 8.67. The fourth-order valence-electron chi connectivity index (χ4n) is 8.57. The summed E-state index contributed by atoms with van der Waals surface area (Å²) in [5, 5.41) is 3.14. The fraction of sp³-hybridized carbons (Fsp3) is 0.913. The maximum Gasteiger partial charge on any atom is 0.326 e. The molecule has 5 nitrogen and oxygen atoms in total. The molecule has 0 aromatic heterocycles. The molecule has 5 heteroatoms. The van der Waals surface area contributed by atoms with Crippen LogP contribution >= 0.6 is 0 Å². The number of hydrogen-bond donors (Lipinski definition) is 1. The molecular formula is C23H37N3O2. The molecule has 5 saturated carbocycles. The van der Waals surface area contributed by atoms with Crippen molar-refractivity contribution in [2.24, 2.45) is 35.0 Å². The van der Waals surface area contributed by atoms with Gasteiger partial charge in [-0.15, -0.1) is 0 Å².